The third-order valence-corrected chi connectivity index (χ3v) is 4.25. The Hall–Kier alpha value is -2.95. The number of carbonyl (C=O) groups excluding carboxylic acids is 1. The highest BCUT2D eigenvalue weighted by Crippen LogP contribution is 2.23. The van der Waals surface area contributed by atoms with E-state index in [9.17, 15) is 4.79 Å². The standard InChI is InChI=1S/C20H21N3O2/c1-5-14-7-6-8-15(11-14)21-19(24)18-20(25-4)23-17-10-13(3)12(2)9-16(17)22-18/h6-11H,5H2,1-4H3,(H,21,24). The minimum absolute atomic E-state index is 0.181. The summed E-state index contributed by atoms with van der Waals surface area (Å²) in [7, 11) is 1.49. The average molecular weight is 335 g/mol. The summed E-state index contributed by atoms with van der Waals surface area (Å²) in [4.78, 5) is 21.6. The van der Waals surface area contributed by atoms with E-state index >= 15 is 0 Å². The van der Waals surface area contributed by atoms with Crippen molar-refractivity contribution in [1.29, 1.82) is 0 Å². The van der Waals surface area contributed by atoms with Gasteiger partial charge < -0.3 is 10.1 Å². The van der Waals surface area contributed by atoms with Gasteiger partial charge in [0.2, 0.25) is 5.88 Å². The maximum atomic E-state index is 12.7. The van der Waals surface area contributed by atoms with Gasteiger partial charge >= 0.3 is 0 Å². The molecule has 5 heteroatoms. The summed E-state index contributed by atoms with van der Waals surface area (Å²) >= 11 is 0. The lowest BCUT2D eigenvalue weighted by molar-refractivity contribution is 0.101. The molecule has 1 amide bonds. The van der Waals surface area contributed by atoms with Gasteiger partial charge in [0.15, 0.2) is 5.69 Å². The van der Waals surface area contributed by atoms with Crippen LogP contribution in [0.4, 0.5) is 5.69 Å². The molecule has 0 unspecified atom stereocenters. The average Bonchev–Trinajstić information content (AvgIpc) is 2.61. The Labute approximate surface area is 147 Å². The van der Waals surface area contributed by atoms with Crippen molar-refractivity contribution < 1.29 is 9.53 Å². The third kappa shape index (κ3) is 3.45. The fourth-order valence-electron chi connectivity index (χ4n) is 2.64. The highest BCUT2D eigenvalue weighted by Gasteiger charge is 2.18. The monoisotopic (exact) mass is 335 g/mol. The lowest BCUT2D eigenvalue weighted by Crippen LogP contribution is -2.16. The molecule has 0 saturated carbocycles. The van der Waals surface area contributed by atoms with Gasteiger partial charge in [-0.1, -0.05) is 19.1 Å². The zero-order chi connectivity index (χ0) is 18.0. The van der Waals surface area contributed by atoms with E-state index in [0.717, 1.165) is 28.8 Å². The zero-order valence-electron chi connectivity index (χ0n) is 14.9. The van der Waals surface area contributed by atoms with Crippen LogP contribution in [0.1, 0.15) is 34.1 Å². The molecule has 25 heavy (non-hydrogen) atoms. The first-order valence-electron chi connectivity index (χ1n) is 8.25. The van der Waals surface area contributed by atoms with E-state index in [2.05, 4.69) is 22.2 Å². The maximum Gasteiger partial charge on any atom is 0.279 e. The van der Waals surface area contributed by atoms with Gasteiger partial charge in [-0.3, -0.25) is 4.79 Å². The molecule has 0 bridgehead atoms. The van der Waals surface area contributed by atoms with E-state index in [-0.39, 0.29) is 17.5 Å². The van der Waals surface area contributed by atoms with E-state index in [1.165, 1.54) is 7.11 Å². The van der Waals surface area contributed by atoms with Crippen LogP contribution in [0.3, 0.4) is 0 Å². The Morgan fingerprint density at radius 3 is 2.40 bits per heavy atom. The predicted molar refractivity (Wildman–Crippen MR) is 99.3 cm³/mol. The number of benzene rings is 2. The quantitative estimate of drug-likeness (QED) is 0.780. The van der Waals surface area contributed by atoms with E-state index in [0.29, 0.717) is 11.0 Å². The molecule has 1 N–H and O–H groups in total. The maximum absolute atomic E-state index is 12.7. The second-order valence-electron chi connectivity index (χ2n) is 6.01. The number of nitrogens with zero attached hydrogens (tertiary/aromatic N) is 2. The van der Waals surface area contributed by atoms with E-state index in [1.54, 1.807) is 0 Å². The van der Waals surface area contributed by atoms with Gasteiger partial charge in [0.1, 0.15) is 0 Å². The molecule has 3 rings (SSSR count). The molecule has 0 aliphatic heterocycles. The summed E-state index contributed by atoms with van der Waals surface area (Å²) in [5.74, 6) is -0.113. The van der Waals surface area contributed by atoms with Crippen LogP contribution < -0.4 is 10.1 Å². The number of ether oxygens (including phenoxy) is 1. The second-order valence-corrected chi connectivity index (χ2v) is 6.01. The van der Waals surface area contributed by atoms with Crippen molar-refractivity contribution in [2.45, 2.75) is 27.2 Å². The molecule has 1 heterocycles. The lowest BCUT2D eigenvalue weighted by Gasteiger charge is -2.11. The number of rotatable bonds is 4. The number of anilines is 1. The summed E-state index contributed by atoms with van der Waals surface area (Å²) in [6.07, 6.45) is 0.904. The Balaban J connectivity index is 2.00. The Morgan fingerprint density at radius 2 is 1.76 bits per heavy atom. The van der Waals surface area contributed by atoms with Gasteiger partial charge in [0.25, 0.3) is 5.91 Å². The van der Waals surface area contributed by atoms with E-state index in [1.807, 2.05) is 50.2 Å². The topological polar surface area (TPSA) is 64.1 Å². The molecule has 2 aromatic carbocycles. The van der Waals surface area contributed by atoms with Crippen LogP contribution >= 0.6 is 0 Å². The SMILES string of the molecule is CCc1cccc(NC(=O)c2nc3cc(C)c(C)cc3nc2OC)c1. The van der Waals surface area contributed by atoms with Crippen molar-refractivity contribution in [3.63, 3.8) is 0 Å². The molecule has 5 nitrogen and oxygen atoms in total. The van der Waals surface area contributed by atoms with Gasteiger partial charge in [0.05, 0.1) is 18.1 Å². The Bertz CT molecular complexity index is 951. The number of carbonyl (C=O) groups is 1. The fraction of sp³-hybridized carbons (Fsp3) is 0.250. The number of aromatic nitrogens is 2. The normalized spacial score (nSPS) is 10.7. The molecule has 128 valence electrons. The van der Waals surface area contributed by atoms with E-state index in [4.69, 9.17) is 4.74 Å². The first-order chi connectivity index (χ1) is 12.0. The molecule has 0 fully saturated rings. The van der Waals surface area contributed by atoms with E-state index < -0.39 is 0 Å². The minimum atomic E-state index is -0.335. The van der Waals surface area contributed by atoms with Crippen LogP contribution in [-0.4, -0.2) is 23.0 Å². The highest BCUT2D eigenvalue weighted by molar-refractivity contribution is 6.05. The van der Waals surface area contributed by atoms with Gasteiger partial charge in [-0.15, -0.1) is 0 Å². The molecular weight excluding hydrogens is 314 g/mol. The molecule has 0 radical (unpaired) electrons. The van der Waals surface area contributed by atoms with Crippen LogP contribution in [-0.2, 0) is 6.42 Å². The first kappa shape index (κ1) is 16.9. The van der Waals surface area contributed by atoms with Crippen LogP contribution in [0.2, 0.25) is 0 Å². The molecule has 0 saturated heterocycles. The van der Waals surface area contributed by atoms with Crippen molar-refractivity contribution in [1.82, 2.24) is 9.97 Å². The van der Waals surface area contributed by atoms with Gasteiger partial charge in [-0.2, -0.15) is 0 Å². The van der Waals surface area contributed by atoms with Crippen molar-refractivity contribution in [2.24, 2.45) is 0 Å². The summed E-state index contributed by atoms with van der Waals surface area (Å²) < 4.78 is 5.29. The van der Waals surface area contributed by atoms with Crippen LogP contribution in [0.5, 0.6) is 5.88 Å². The number of fused-ring (bicyclic) bond motifs is 1. The van der Waals surface area contributed by atoms with Crippen LogP contribution in [0.15, 0.2) is 36.4 Å². The highest BCUT2D eigenvalue weighted by atomic mass is 16.5. The number of aryl methyl sites for hydroxylation is 3. The largest absolute Gasteiger partial charge is 0.479 e. The molecule has 0 atom stereocenters. The number of nitrogens with one attached hydrogen (secondary N) is 1. The molecule has 3 aromatic rings. The summed E-state index contributed by atoms with van der Waals surface area (Å²) in [6.45, 7) is 6.10. The smallest absolute Gasteiger partial charge is 0.279 e. The minimum Gasteiger partial charge on any atom is -0.479 e. The zero-order valence-corrected chi connectivity index (χ0v) is 14.9. The lowest BCUT2D eigenvalue weighted by atomic mass is 10.1. The first-order valence-corrected chi connectivity index (χ1v) is 8.25. The number of methoxy groups -OCH3 is 1. The molecular formula is C20H21N3O2. The van der Waals surface area contributed by atoms with Crippen molar-refractivity contribution >= 4 is 22.6 Å². The van der Waals surface area contributed by atoms with Gasteiger partial charge in [-0.25, -0.2) is 9.97 Å². The van der Waals surface area contributed by atoms with Crippen molar-refractivity contribution in [3.8, 4) is 5.88 Å². The van der Waals surface area contributed by atoms with Gasteiger partial charge in [-0.05, 0) is 61.2 Å². The van der Waals surface area contributed by atoms with Crippen molar-refractivity contribution in [3.05, 3.63) is 58.8 Å². The van der Waals surface area contributed by atoms with Gasteiger partial charge in [0, 0.05) is 5.69 Å². The van der Waals surface area contributed by atoms with Crippen LogP contribution in [0, 0.1) is 13.8 Å². The third-order valence-electron chi connectivity index (χ3n) is 4.25. The number of hydrogen-bond donors (Lipinski definition) is 1. The molecule has 0 aliphatic rings. The summed E-state index contributed by atoms with van der Waals surface area (Å²) in [6, 6.07) is 11.6. The molecule has 1 aromatic heterocycles. The fourth-order valence-corrected chi connectivity index (χ4v) is 2.64. The number of hydrogen-bond acceptors (Lipinski definition) is 4. The Kier molecular flexibility index (Phi) is 4.65. The number of amides is 1. The summed E-state index contributed by atoms with van der Waals surface area (Å²) in [5.41, 5.74) is 5.68. The van der Waals surface area contributed by atoms with Crippen LogP contribution in [0.25, 0.3) is 11.0 Å². The predicted octanol–water partition coefficient (Wildman–Crippen LogP) is 4.07. The van der Waals surface area contributed by atoms with Crippen molar-refractivity contribution in [2.75, 3.05) is 12.4 Å². The summed E-state index contributed by atoms with van der Waals surface area (Å²) in [5, 5.41) is 2.88. The molecule has 0 spiro atoms. The second kappa shape index (κ2) is 6.89. The Morgan fingerprint density at radius 1 is 1.08 bits per heavy atom. The molecule has 0 aliphatic carbocycles.